The molecule has 3 aliphatic rings. The van der Waals surface area contributed by atoms with Gasteiger partial charge in [0.1, 0.15) is 0 Å². The number of nitrogens with zero attached hydrogens (tertiary/aromatic N) is 2. The van der Waals surface area contributed by atoms with Gasteiger partial charge < -0.3 is 9.80 Å². The van der Waals surface area contributed by atoms with Gasteiger partial charge in [-0.15, -0.1) is 11.3 Å². The summed E-state index contributed by atoms with van der Waals surface area (Å²) in [6.45, 7) is 8.46. The van der Waals surface area contributed by atoms with Crippen LogP contribution in [0.5, 0.6) is 0 Å². The predicted molar refractivity (Wildman–Crippen MR) is 137 cm³/mol. The molecular formula is C28H38N2O2S. The van der Waals surface area contributed by atoms with E-state index in [1.807, 2.05) is 36.1 Å². The molecule has 1 aromatic heterocycles. The minimum Gasteiger partial charge on any atom is -0.342 e. The lowest BCUT2D eigenvalue weighted by Crippen LogP contribution is -2.49. The molecule has 4 nitrogen and oxygen atoms in total. The van der Waals surface area contributed by atoms with Gasteiger partial charge in [-0.3, -0.25) is 9.59 Å². The van der Waals surface area contributed by atoms with Crippen LogP contribution in [0, 0.1) is 5.92 Å². The Bertz CT molecular complexity index is 905. The molecule has 4 rings (SSSR count). The maximum atomic E-state index is 13.4. The average molecular weight is 467 g/mol. The smallest absolute Gasteiger partial charge is 0.254 e. The molecule has 5 heteroatoms. The van der Waals surface area contributed by atoms with Crippen LogP contribution in [-0.2, 0) is 4.79 Å². The summed E-state index contributed by atoms with van der Waals surface area (Å²) in [6.07, 6.45) is 17.6. The van der Waals surface area contributed by atoms with E-state index in [0.717, 1.165) is 50.0 Å². The molecule has 2 unspecified atom stereocenters. The van der Waals surface area contributed by atoms with E-state index >= 15 is 0 Å². The Kier molecular flexibility index (Phi) is 8.24. The van der Waals surface area contributed by atoms with Crippen LogP contribution >= 0.6 is 11.3 Å². The monoisotopic (exact) mass is 466 g/mol. The molecule has 2 atom stereocenters. The molecule has 2 saturated heterocycles. The largest absolute Gasteiger partial charge is 0.342 e. The zero-order chi connectivity index (χ0) is 23.2. The van der Waals surface area contributed by atoms with Crippen molar-refractivity contribution >= 4 is 23.2 Å². The number of carbonyl (C=O) groups excluding carboxylic acids is 2. The number of thiophene rings is 1. The lowest BCUT2D eigenvalue weighted by Gasteiger charge is -2.44. The van der Waals surface area contributed by atoms with Crippen molar-refractivity contribution in [3.63, 3.8) is 0 Å². The lowest BCUT2D eigenvalue weighted by atomic mass is 9.78. The highest BCUT2D eigenvalue weighted by atomic mass is 32.1. The molecule has 1 aromatic rings. The van der Waals surface area contributed by atoms with Gasteiger partial charge in [-0.05, 0) is 68.9 Å². The molecule has 178 valence electrons. The molecular weight excluding hydrogens is 428 g/mol. The molecule has 3 fully saturated rings. The summed E-state index contributed by atoms with van der Waals surface area (Å²) in [5, 5.41) is 2.07. The van der Waals surface area contributed by atoms with Crippen molar-refractivity contribution in [2.75, 3.05) is 19.6 Å². The van der Waals surface area contributed by atoms with Crippen LogP contribution in [-0.4, -0.2) is 47.3 Å². The Morgan fingerprint density at radius 2 is 1.82 bits per heavy atom. The molecule has 1 saturated carbocycles. The van der Waals surface area contributed by atoms with Crippen molar-refractivity contribution in [1.82, 2.24) is 9.80 Å². The number of hydrogen-bond donors (Lipinski definition) is 0. The van der Waals surface area contributed by atoms with E-state index in [1.54, 1.807) is 11.3 Å². The number of amides is 2. The van der Waals surface area contributed by atoms with Gasteiger partial charge >= 0.3 is 0 Å². The summed E-state index contributed by atoms with van der Waals surface area (Å²) in [6, 6.07) is 2.61. The van der Waals surface area contributed by atoms with Gasteiger partial charge in [0, 0.05) is 35.9 Å². The third-order valence-corrected chi connectivity index (χ3v) is 8.73. The minimum atomic E-state index is 0.165. The molecule has 0 radical (unpaired) electrons. The van der Waals surface area contributed by atoms with Gasteiger partial charge in [0.05, 0.1) is 12.0 Å². The summed E-state index contributed by atoms with van der Waals surface area (Å²) in [5.41, 5.74) is 1.73. The van der Waals surface area contributed by atoms with Gasteiger partial charge in [-0.25, -0.2) is 0 Å². The molecule has 0 N–H and O–H groups in total. The average Bonchev–Trinajstić information content (AvgIpc) is 3.34. The van der Waals surface area contributed by atoms with Crippen LogP contribution in [0.2, 0.25) is 0 Å². The molecule has 0 aromatic carbocycles. The van der Waals surface area contributed by atoms with E-state index in [1.165, 1.54) is 37.0 Å². The van der Waals surface area contributed by atoms with Crippen LogP contribution in [0.15, 0.2) is 47.9 Å². The number of allylic oxidation sites excluding steroid dienone is 4. The van der Waals surface area contributed by atoms with Gasteiger partial charge in [-0.1, -0.05) is 43.7 Å². The number of piperidine rings is 2. The normalized spacial score (nSPS) is 24.4. The second-order valence-electron chi connectivity index (χ2n) is 9.87. The van der Waals surface area contributed by atoms with Crippen LogP contribution in [0.4, 0.5) is 0 Å². The van der Waals surface area contributed by atoms with Crippen LogP contribution in [0.3, 0.4) is 0 Å². The molecule has 33 heavy (non-hydrogen) atoms. The number of likely N-dealkylation sites (tertiary alicyclic amines) is 2. The van der Waals surface area contributed by atoms with Crippen LogP contribution in [0.1, 0.15) is 85.9 Å². The number of hydrogen-bond acceptors (Lipinski definition) is 3. The second kappa shape index (κ2) is 11.3. The summed E-state index contributed by atoms with van der Waals surface area (Å²) in [4.78, 5) is 31.5. The van der Waals surface area contributed by atoms with Crippen LogP contribution < -0.4 is 0 Å². The Labute approximate surface area is 203 Å². The quantitative estimate of drug-likeness (QED) is 0.460. The standard InChI is InChI=1S/C28H38N2O2S/c1-3-4-5-9-21(2)18-27(31)29-16-13-23(14-17-29)26-19-24(20-33-26)28(32)30-15-8-11-22-10-6-7-12-25(22)30/h3-5,9,19-20,22-23,25H,2,6-8,10-18H2,1H3/b4-3-,9-5-. The van der Waals surface area contributed by atoms with Crippen molar-refractivity contribution in [2.45, 2.75) is 76.7 Å². The molecule has 0 spiro atoms. The Hall–Kier alpha value is -2.14. The predicted octanol–water partition coefficient (Wildman–Crippen LogP) is 6.33. The van der Waals surface area contributed by atoms with E-state index in [2.05, 4.69) is 22.9 Å². The minimum absolute atomic E-state index is 0.165. The van der Waals surface area contributed by atoms with Gasteiger partial charge in [0.15, 0.2) is 0 Å². The first-order valence-electron chi connectivity index (χ1n) is 12.7. The fraction of sp³-hybridized carbons (Fsp3) is 0.571. The lowest BCUT2D eigenvalue weighted by molar-refractivity contribution is -0.131. The molecule has 0 bridgehead atoms. The maximum Gasteiger partial charge on any atom is 0.254 e. The molecule has 1 aliphatic carbocycles. The topological polar surface area (TPSA) is 40.6 Å². The van der Waals surface area contributed by atoms with Crippen molar-refractivity contribution < 1.29 is 9.59 Å². The molecule has 2 aliphatic heterocycles. The van der Waals surface area contributed by atoms with E-state index in [-0.39, 0.29) is 11.8 Å². The highest BCUT2D eigenvalue weighted by molar-refractivity contribution is 7.10. The first-order valence-corrected chi connectivity index (χ1v) is 13.6. The Morgan fingerprint density at radius 1 is 1.06 bits per heavy atom. The number of rotatable bonds is 6. The van der Waals surface area contributed by atoms with Gasteiger partial charge in [-0.2, -0.15) is 0 Å². The highest BCUT2D eigenvalue weighted by Gasteiger charge is 2.36. The van der Waals surface area contributed by atoms with Crippen molar-refractivity contribution in [3.05, 3.63) is 58.3 Å². The zero-order valence-corrected chi connectivity index (χ0v) is 20.8. The number of fused-ring (bicyclic) bond motifs is 1. The number of carbonyl (C=O) groups is 2. The van der Waals surface area contributed by atoms with E-state index in [4.69, 9.17) is 0 Å². The van der Waals surface area contributed by atoms with E-state index < -0.39 is 0 Å². The summed E-state index contributed by atoms with van der Waals surface area (Å²) in [5.74, 6) is 1.57. The molecule has 2 amide bonds. The van der Waals surface area contributed by atoms with Crippen LogP contribution in [0.25, 0.3) is 0 Å². The maximum absolute atomic E-state index is 13.4. The van der Waals surface area contributed by atoms with E-state index in [9.17, 15) is 9.59 Å². The van der Waals surface area contributed by atoms with Crippen molar-refractivity contribution in [2.24, 2.45) is 5.92 Å². The summed E-state index contributed by atoms with van der Waals surface area (Å²) >= 11 is 1.73. The third kappa shape index (κ3) is 5.87. The molecule has 3 heterocycles. The Balaban J connectivity index is 1.30. The highest BCUT2D eigenvalue weighted by Crippen LogP contribution is 2.37. The van der Waals surface area contributed by atoms with Crippen molar-refractivity contribution in [1.29, 1.82) is 0 Å². The fourth-order valence-corrected chi connectivity index (χ4v) is 6.86. The van der Waals surface area contributed by atoms with E-state index in [0.29, 0.717) is 24.3 Å². The first kappa shape index (κ1) is 24.0. The Morgan fingerprint density at radius 3 is 2.61 bits per heavy atom. The second-order valence-corrected chi connectivity index (χ2v) is 10.8. The van der Waals surface area contributed by atoms with Gasteiger partial charge in [0.25, 0.3) is 5.91 Å². The third-order valence-electron chi connectivity index (χ3n) is 7.63. The summed E-state index contributed by atoms with van der Waals surface area (Å²) in [7, 11) is 0. The SMILES string of the molecule is C=C(/C=C\C=C/C)CC(=O)N1CCC(c2cc(C(=O)N3CCCC4CCCCC43)cs2)CC1. The fourth-order valence-electron chi connectivity index (χ4n) is 5.80. The first-order chi connectivity index (χ1) is 16.1. The zero-order valence-electron chi connectivity index (χ0n) is 20.0. The van der Waals surface area contributed by atoms with Gasteiger partial charge in [0.2, 0.25) is 5.91 Å². The summed E-state index contributed by atoms with van der Waals surface area (Å²) < 4.78 is 0. The van der Waals surface area contributed by atoms with Crippen molar-refractivity contribution in [3.8, 4) is 0 Å².